The zero-order valence-electron chi connectivity index (χ0n) is 15.0. The molecular weight excluding hydrogens is 390 g/mol. The highest BCUT2D eigenvalue weighted by atomic mass is 35.5. The molecule has 0 bridgehead atoms. The van der Waals surface area contributed by atoms with Crippen LogP contribution in [0.25, 0.3) is 10.9 Å². The molecule has 0 saturated heterocycles. The highest BCUT2D eigenvalue weighted by Gasteiger charge is 2.26. The molecule has 0 saturated carbocycles. The van der Waals surface area contributed by atoms with E-state index in [9.17, 15) is 5.26 Å². The molecule has 1 heterocycles. The van der Waals surface area contributed by atoms with Crippen LogP contribution in [0.4, 0.5) is 11.8 Å². The predicted octanol–water partition coefficient (Wildman–Crippen LogP) is 4.90. The second-order valence-electron chi connectivity index (χ2n) is 5.98. The van der Waals surface area contributed by atoms with Crippen LogP contribution >= 0.6 is 11.6 Å². The molecule has 0 atom stereocenters. The van der Waals surface area contributed by atoms with Crippen molar-refractivity contribution in [2.45, 2.75) is 0 Å². The third kappa shape index (κ3) is 3.45. The summed E-state index contributed by atoms with van der Waals surface area (Å²) in [5, 5.41) is 10.3. The lowest BCUT2D eigenvalue weighted by atomic mass is 10.1. The molecular formula is C21H14ClN5O2. The molecule has 29 heavy (non-hydrogen) atoms. The largest absolute Gasteiger partial charge is 0.455 e. The van der Waals surface area contributed by atoms with Gasteiger partial charge in [0.1, 0.15) is 39.5 Å². The van der Waals surface area contributed by atoms with Gasteiger partial charge < -0.3 is 20.9 Å². The van der Waals surface area contributed by atoms with Gasteiger partial charge in [-0.15, -0.1) is 0 Å². The SMILES string of the molecule is N#Cc1c(Oc2ccccc2)c(Cl)c2nc(N)nc(N)c2c1Oc1ccccc1. The van der Waals surface area contributed by atoms with Crippen molar-refractivity contribution in [3.8, 4) is 29.1 Å². The summed E-state index contributed by atoms with van der Waals surface area (Å²) < 4.78 is 11.9. The fraction of sp³-hybridized carbons (Fsp3) is 0. The Morgan fingerprint density at radius 2 is 1.38 bits per heavy atom. The van der Waals surface area contributed by atoms with Crippen LogP contribution in [0.3, 0.4) is 0 Å². The molecule has 0 aliphatic rings. The van der Waals surface area contributed by atoms with Gasteiger partial charge in [0.05, 0.1) is 5.39 Å². The maximum Gasteiger partial charge on any atom is 0.222 e. The van der Waals surface area contributed by atoms with Crippen molar-refractivity contribution < 1.29 is 9.47 Å². The monoisotopic (exact) mass is 403 g/mol. The smallest absolute Gasteiger partial charge is 0.222 e. The van der Waals surface area contributed by atoms with Gasteiger partial charge in [0.2, 0.25) is 5.95 Å². The first-order valence-electron chi connectivity index (χ1n) is 8.52. The Morgan fingerprint density at radius 1 is 0.828 bits per heavy atom. The van der Waals surface area contributed by atoms with E-state index in [1.54, 1.807) is 48.5 Å². The van der Waals surface area contributed by atoms with Gasteiger partial charge in [-0.3, -0.25) is 0 Å². The van der Waals surface area contributed by atoms with Gasteiger partial charge in [0, 0.05) is 0 Å². The lowest BCUT2D eigenvalue weighted by Gasteiger charge is -2.17. The highest BCUT2D eigenvalue weighted by molar-refractivity contribution is 6.37. The first-order valence-corrected chi connectivity index (χ1v) is 8.90. The zero-order chi connectivity index (χ0) is 20.4. The minimum atomic E-state index is -0.0575. The Morgan fingerprint density at radius 3 is 1.93 bits per heavy atom. The fourth-order valence-electron chi connectivity index (χ4n) is 2.84. The van der Waals surface area contributed by atoms with Crippen LogP contribution < -0.4 is 20.9 Å². The first-order chi connectivity index (χ1) is 14.1. The van der Waals surface area contributed by atoms with E-state index < -0.39 is 0 Å². The molecule has 0 aliphatic carbocycles. The Labute approximate surface area is 171 Å². The second-order valence-corrected chi connectivity index (χ2v) is 6.36. The Balaban J connectivity index is 2.02. The molecule has 3 aromatic carbocycles. The predicted molar refractivity (Wildman–Crippen MR) is 111 cm³/mol. The van der Waals surface area contributed by atoms with Crippen molar-refractivity contribution in [2.24, 2.45) is 0 Å². The number of para-hydroxylation sites is 2. The molecule has 8 heteroatoms. The number of nitrogens with zero attached hydrogens (tertiary/aromatic N) is 3. The van der Waals surface area contributed by atoms with Crippen molar-refractivity contribution in [3.05, 3.63) is 71.2 Å². The maximum atomic E-state index is 9.91. The van der Waals surface area contributed by atoms with E-state index in [2.05, 4.69) is 16.0 Å². The summed E-state index contributed by atoms with van der Waals surface area (Å²) in [6.07, 6.45) is 0. The number of benzene rings is 3. The average Bonchev–Trinajstić information content (AvgIpc) is 2.73. The van der Waals surface area contributed by atoms with E-state index in [1.807, 2.05) is 12.1 Å². The van der Waals surface area contributed by atoms with Gasteiger partial charge in [-0.1, -0.05) is 48.0 Å². The van der Waals surface area contributed by atoms with Crippen molar-refractivity contribution in [1.82, 2.24) is 9.97 Å². The van der Waals surface area contributed by atoms with E-state index in [0.29, 0.717) is 11.5 Å². The number of aromatic nitrogens is 2. The van der Waals surface area contributed by atoms with Crippen molar-refractivity contribution >= 4 is 34.3 Å². The van der Waals surface area contributed by atoms with E-state index in [1.165, 1.54) is 0 Å². The van der Waals surface area contributed by atoms with Crippen LogP contribution in [-0.4, -0.2) is 9.97 Å². The molecule has 0 spiro atoms. The normalized spacial score (nSPS) is 10.5. The van der Waals surface area contributed by atoms with Gasteiger partial charge >= 0.3 is 0 Å². The molecule has 1 aromatic heterocycles. The number of hydrogen-bond donors (Lipinski definition) is 2. The van der Waals surface area contributed by atoms with E-state index in [4.69, 9.17) is 32.5 Å². The van der Waals surface area contributed by atoms with E-state index in [-0.39, 0.29) is 44.8 Å². The number of nitrogens with two attached hydrogens (primary N) is 2. The molecule has 0 amide bonds. The van der Waals surface area contributed by atoms with Gasteiger partial charge in [0.15, 0.2) is 11.5 Å². The third-order valence-electron chi connectivity index (χ3n) is 4.08. The van der Waals surface area contributed by atoms with Crippen molar-refractivity contribution in [3.63, 3.8) is 0 Å². The number of halogens is 1. The molecule has 0 fully saturated rings. The summed E-state index contributed by atoms with van der Waals surface area (Å²) in [5.74, 6) is 1.21. The summed E-state index contributed by atoms with van der Waals surface area (Å²) in [6.45, 7) is 0. The quantitative estimate of drug-likeness (QED) is 0.496. The molecule has 4 rings (SSSR count). The number of nitrogen functional groups attached to an aromatic ring is 2. The second kappa shape index (κ2) is 7.54. The number of ether oxygens (including phenoxy) is 2. The summed E-state index contributed by atoms with van der Waals surface area (Å²) in [7, 11) is 0. The fourth-order valence-corrected chi connectivity index (χ4v) is 3.11. The molecule has 0 unspecified atom stereocenters. The third-order valence-corrected chi connectivity index (χ3v) is 4.43. The first kappa shape index (κ1) is 18.3. The lowest BCUT2D eigenvalue weighted by molar-refractivity contribution is 0.461. The summed E-state index contributed by atoms with van der Waals surface area (Å²) >= 11 is 6.56. The summed E-state index contributed by atoms with van der Waals surface area (Å²) in [5.41, 5.74) is 12.1. The summed E-state index contributed by atoms with van der Waals surface area (Å²) in [4.78, 5) is 8.19. The number of fused-ring (bicyclic) bond motifs is 1. The molecule has 4 aromatic rings. The van der Waals surface area contributed by atoms with Gasteiger partial charge in [-0.2, -0.15) is 10.2 Å². The Hall–Kier alpha value is -4.02. The standard InChI is InChI=1S/C21H14ClN5O2/c22-16-17-15(20(24)27-21(25)26-17)18(28-12-7-3-1-4-8-12)14(11-23)19(16)29-13-9-5-2-6-10-13/h1-10H,(H4,24,25,26,27). The number of hydrogen-bond acceptors (Lipinski definition) is 7. The summed E-state index contributed by atoms with van der Waals surface area (Å²) in [6, 6.07) is 20.0. The number of nitriles is 1. The van der Waals surface area contributed by atoms with E-state index in [0.717, 1.165) is 0 Å². The Bertz CT molecular complexity index is 1240. The topological polar surface area (TPSA) is 120 Å². The van der Waals surface area contributed by atoms with Gasteiger partial charge in [-0.05, 0) is 24.3 Å². The number of anilines is 2. The van der Waals surface area contributed by atoms with Gasteiger partial charge in [-0.25, -0.2) is 4.98 Å². The van der Waals surface area contributed by atoms with Crippen LogP contribution in [0, 0.1) is 11.3 Å². The lowest BCUT2D eigenvalue weighted by Crippen LogP contribution is -2.04. The molecule has 0 aliphatic heterocycles. The minimum Gasteiger partial charge on any atom is -0.455 e. The van der Waals surface area contributed by atoms with Crippen LogP contribution in [0.2, 0.25) is 5.02 Å². The van der Waals surface area contributed by atoms with E-state index >= 15 is 0 Å². The molecule has 4 N–H and O–H groups in total. The number of rotatable bonds is 4. The average molecular weight is 404 g/mol. The van der Waals surface area contributed by atoms with Crippen molar-refractivity contribution in [2.75, 3.05) is 11.5 Å². The van der Waals surface area contributed by atoms with Crippen molar-refractivity contribution in [1.29, 1.82) is 5.26 Å². The highest BCUT2D eigenvalue weighted by Crippen LogP contribution is 2.47. The Kier molecular flexibility index (Phi) is 4.77. The molecule has 7 nitrogen and oxygen atoms in total. The molecule has 142 valence electrons. The van der Waals surface area contributed by atoms with Crippen LogP contribution in [-0.2, 0) is 0 Å². The maximum absolute atomic E-state index is 9.91. The van der Waals surface area contributed by atoms with Crippen LogP contribution in [0.1, 0.15) is 5.56 Å². The molecule has 0 radical (unpaired) electrons. The zero-order valence-corrected chi connectivity index (χ0v) is 15.7. The van der Waals surface area contributed by atoms with Crippen LogP contribution in [0.5, 0.6) is 23.0 Å². The van der Waals surface area contributed by atoms with Gasteiger partial charge in [0.25, 0.3) is 0 Å². The van der Waals surface area contributed by atoms with Crippen LogP contribution in [0.15, 0.2) is 60.7 Å². The minimum absolute atomic E-state index is 0.0445.